The molecule has 10 rings (SSSR count). The first kappa shape index (κ1) is 33.9. The molecule has 0 radical (unpaired) electrons. The van der Waals surface area contributed by atoms with Crippen LogP contribution in [0.2, 0.25) is 0 Å². The first-order chi connectivity index (χ1) is 27.8. The Labute approximate surface area is 331 Å². The number of nitrogens with zero attached hydrogens (tertiary/aromatic N) is 2. The van der Waals surface area contributed by atoms with E-state index < -0.39 is 0 Å². The summed E-state index contributed by atoms with van der Waals surface area (Å²) in [5, 5.41) is 0. The highest BCUT2D eigenvalue weighted by Crippen LogP contribution is 2.50. The van der Waals surface area contributed by atoms with E-state index in [2.05, 4.69) is 216 Å². The van der Waals surface area contributed by atoms with Gasteiger partial charge in [0.05, 0.1) is 11.7 Å². The average molecular weight is 721 g/mol. The van der Waals surface area contributed by atoms with Crippen LogP contribution in [-0.4, -0.2) is 6.04 Å². The zero-order chi connectivity index (χ0) is 37.3. The summed E-state index contributed by atoms with van der Waals surface area (Å²) in [4.78, 5) is 4.99. The Morgan fingerprint density at radius 1 is 0.554 bits per heavy atom. The van der Waals surface area contributed by atoms with Crippen molar-refractivity contribution in [3.05, 3.63) is 229 Å². The van der Waals surface area contributed by atoms with Gasteiger partial charge in [0, 0.05) is 34.2 Å². The van der Waals surface area contributed by atoms with Crippen molar-refractivity contribution in [2.45, 2.75) is 37.6 Å². The second-order valence-corrected chi connectivity index (χ2v) is 15.2. The van der Waals surface area contributed by atoms with Gasteiger partial charge in [0.2, 0.25) is 0 Å². The van der Waals surface area contributed by atoms with E-state index in [-0.39, 0.29) is 6.04 Å². The Morgan fingerprint density at radius 3 is 2.05 bits per heavy atom. The fourth-order valence-corrected chi connectivity index (χ4v) is 8.90. The summed E-state index contributed by atoms with van der Waals surface area (Å²) in [6.45, 7) is 0. The van der Waals surface area contributed by atoms with Crippen molar-refractivity contribution >= 4 is 33.9 Å². The molecule has 0 spiro atoms. The summed E-state index contributed by atoms with van der Waals surface area (Å²) in [7, 11) is 0. The van der Waals surface area contributed by atoms with Crippen LogP contribution < -0.4 is 9.80 Å². The van der Waals surface area contributed by atoms with Crippen molar-refractivity contribution in [3.63, 3.8) is 0 Å². The number of benzene rings is 6. The minimum Gasteiger partial charge on any atom is -0.333 e. The van der Waals surface area contributed by atoms with Gasteiger partial charge in [-0.15, -0.1) is 0 Å². The van der Waals surface area contributed by atoms with Gasteiger partial charge in [-0.2, -0.15) is 0 Å². The van der Waals surface area contributed by atoms with E-state index in [1.54, 1.807) is 0 Å². The molecule has 4 aliphatic rings. The second kappa shape index (κ2) is 14.9. The lowest BCUT2D eigenvalue weighted by Crippen LogP contribution is -2.27. The van der Waals surface area contributed by atoms with Crippen molar-refractivity contribution in [1.29, 1.82) is 0 Å². The molecule has 1 aliphatic heterocycles. The zero-order valence-electron chi connectivity index (χ0n) is 31.5. The summed E-state index contributed by atoms with van der Waals surface area (Å²) in [6, 6.07) is 56.0. The van der Waals surface area contributed by atoms with E-state index in [1.165, 1.54) is 67.2 Å². The number of fused-ring (bicyclic) bond motifs is 3. The first-order valence-corrected chi connectivity index (χ1v) is 20.0. The van der Waals surface area contributed by atoms with Crippen molar-refractivity contribution in [2.75, 3.05) is 9.80 Å². The first-order valence-electron chi connectivity index (χ1n) is 20.0. The molecule has 6 aromatic carbocycles. The number of rotatable bonds is 8. The van der Waals surface area contributed by atoms with Gasteiger partial charge in [0.1, 0.15) is 0 Å². The van der Waals surface area contributed by atoms with Gasteiger partial charge < -0.3 is 9.80 Å². The summed E-state index contributed by atoms with van der Waals surface area (Å²) >= 11 is 0. The number of hydrogen-bond acceptors (Lipinski definition) is 2. The monoisotopic (exact) mass is 720 g/mol. The van der Waals surface area contributed by atoms with Crippen molar-refractivity contribution in [3.8, 4) is 22.3 Å². The topological polar surface area (TPSA) is 6.48 Å². The molecule has 2 atom stereocenters. The highest BCUT2D eigenvalue weighted by molar-refractivity contribution is 5.95. The lowest BCUT2D eigenvalue weighted by Gasteiger charge is -2.31. The fourth-order valence-electron chi connectivity index (χ4n) is 8.90. The third-order valence-electron chi connectivity index (χ3n) is 11.8. The molecule has 0 bridgehead atoms. The number of para-hydroxylation sites is 1. The van der Waals surface area contributed by atoms with Crippen LogP contribution in [0, 0.1) is 0 Å². The van der Waals surface area contributed by atoms with Gasteiger partial charge in [-0.1, -0.05) is 158 Å². The van der Waals surface area contributed by atoms with Gasteiger partial charge in [0.15, 0.2) is 0 Å². The molecule has 3 aliphatic carbocycles. The highest BCUT2D eigenvalue weighted by atomic mass is 15.2. The zero-order valence-corrected chi connectivity index (χ0v) is 31.5. The van der Waals surface area contributed by atoms with Gasteiger partial charge >= 0.3 is 0 Å². The van der Waals surface area contributed by atoms with Crippen LogP contribution in [0.1, 0.15) is 48.3 Å². The second-order valence-electron chi connectivity index (χ2n) is 15.2. The van der Waals surface area contributed by atoms with Crippen LogP contribution in [0.25, 0.3) is 33.4 Å². The smallest absolute Gasteiger partial charge is 0.0632 e. The maximum absolute atomic E-state index is 2.56. The molecule has 0 saturated carbocycles. The molecule has 0 aromatic heterocycles. The van der Waals surface area contributed by atoms with Gasteiger partial charge in [-0.3, -0.25) is 0 Å². The SMILES string of the molecule is C1=CCCC(c2cccc(C3C=CC(N(c4ccccc4)c4ccc5c(c4)N(c4ccc(-c6cccc(-c7ccccc7)c6)cc4)C4CC=CC=C54)=CC3)c2)=C1. The molecular formula is C54H44N2. The van der Waals surface area contributed by atoms with E-state index in [0.29, 0.717) is 5.92 Å². The average Bonchev–Trinajstić information content (AvgIpc) is 3.61. The molecule has 270 valence electrons. The molecule has 0 saturated heterocycles. The minimum absolute atomic E-state index is 0.258. The lowest BCUT2D eigenvalue weighted by atomic mass is 9.88. The quantitative estimate of drug-likeness (QED) is 0.154. The molecule has 2 unspecified atom stereocenters. The summed E-state index contributed by atoms with van der Waals surface area (Å²) < 4.78 is 0. The van der Waals surface area contributed by atoms with Gasteiger partial charge in [-0.05, 0) is 119 Å². The largest absolute Gasteiger partial charge is 0.333 e. The van der Waals surface area contributed by atoms with E-state index in [9.17, 15) is 0 Å². The Balaban J connectivity index is 0.977. The normalized spacial score (nSPS) is 18.1. The Bertz CT molecular complexity index is 2580. The Kier molecular flexibility index (Phi) is 9.01. The van der Waals surface area contributed by atoms with Crippen molar-refractivity contribution in [1.82, 2.24) is 0 Å². The van der Waals surface area contributed by atoms with Crippen LogP contribution in [0.3, 0.4) is 0 Å². The number of anilines is 4. The lowest BCUT2D eigenvalue weighted by molar-refractivity contribution is 0.829. The summed E-state index contributed by atoms with van der Waals surface area (Å²) in [5.74, 6) is 0.345. The maximum Gasteiger partial charge on any atom is 0.0632 e. The van der Waals surface area contributed by atoms with Crippen molar-refractivity contribution in [2.24, 2.45) is 0 Å². The maximum atomic E-state index is 2.56. The molecule has 1 heterocycles. The van der Waals surface area contributed by atoms with Crippen LogP contribution in [0.5, 0.6) is 0 Å². The third kappa shape index (κ3) is 6.48. The van der Waals surface area contributed by atoms with E-state index >= 15 is 0 Å². The third-order valence-corrected chi connectivity index (χ3v) is 11.8. The molecule has 2 heteroatoms. The van der Waals surface area contributed by atoms with Crippen LogP contribution in [-0.2, 0) is 0 Å². The molecular weight excluding hydrogens is 677 g/mol. The van der Waals surface area contributed by atoms with Crippen LogP contribution >= 0.6 is 0 Å². The number of hydrogen-bond donors (Lipinski definition) is 0. The van der Waals surface area contributed by atoms with E-state index in [0.717, 1.165) is 37.1 Å². The summed E-state index contributed by atoms with van der Waals surface area (Å²) in [5.41, 5.74) is 17.8. The summed E-state index contributed by atoms with van der Waals surface area (Å²) in [6.07, 6.45) is 24.9. The van der Waals surface area contributed by atoms with E-state index in [1.807, 2.05) is 0 Å². The molecule has 0 amide bonds. The highest BCUT2D eigenvalue weighted by Gasteiger charge is 2.35. The Hall–Kier alpha value is -6.64. The number of allylic oxidation sites excluding steroid dienone is 9. The van der Waals surface area contributed by atoms with E-state index in [4.69, 9.17) is 0 Å². The molecule has 2 nitrogen and oxygen atoms in total. The molecule has 0 N–H and O–H groups in total. The fraction of sp³-hybridized carbons (Fsp3) is 0.111. The van der Waals surface area contributed by atoms with Crippen LogP contribution in [0.15, 0.2) is 212 Å². The van der Waals surface area contributed by atoms with Crippen LogP contribution in [0.4, 0.5) is 22.7 Å². The standard InChI is InChI=1S/C54H44N2/c1-4-14-39(15-5-1)43-18-12-20-45(36-43)41-26-30-48(31-27-41)55(47-22-8-3-9-23-47)50-34-35-52-51-24-10-11-25-53(51)56(54(52)38-50)49-32-28-42(29-33-49)46-21-13-19-44(37-46)40-16-6-2-7-17-40/h1-4,6-14,16-24,26,28-38,41,53H,5,15,25,27H2. The Morgan fingerprint density at radius 2 is 1.29 bits per heavy atom. The van der Waals surface area contributed by atoms with Crippen molar-refractivity contribution < 1.29 is 0 Å². The predicted molar refractivity (Wildman–Crippen MR) is 237 cm³/mol. The molecule has 0 fully saturated rings. The minimum atomic E-state index is 0.258. The van der Waals surface area contributed by atoms with Gasteiger partial charge in [-0.25, -0.2) is 0 Å². The van der Waals surface area contributed by atoms with Gasteiger partial charge in [0.25, 0.3) is 0 Å². The molecule has 6 aromatic rings. The molecule has 56 heavy (non-hydrogen) atoms. The predicted octanol–water partition coefficient (Wildman–Crippen LogP) is 14.4.